The van der Waals surface area contributed by atoms with Gasteiger partial charge in [-0.05, 0) is 24.6 Å². The minimum atomic E-state index is -0.445. The summed E-state index contributed by atoms with van der Waals surface area (Å²) in [5, 5.41) is 7.93. The number of nitrogens with zero attached hydrogens (tertiary/aromatic N) is 3. The van der Waals surface area contributed by atoms with E-state index in [9.17, 15) is 9.59 Å². The van der Waals surface area contributed by atoms with Gasteiger partial charge in [-0.25, -0.2) is 4.68 Å². The smallest absolute Gasteiger partial charge is 0.230 e. The molecule has 6 nitrogen and oxygen atoms in total. The Bertz CT molecular complexity index is 1050. The van der Waals surface area contributed by atoms with E-state index in [2.05, 4.69) is 10.4 Å². The minimum Gasteiger partial charge on any atom is -0.311 e. The number of rotatable bonds is 5. The molecule has 29 heavy (non-hydrogen) atoms. The zero-order chi connectivity index (χ0) is 20.4. The lowest BCUT2D eigenvalue weighted by Crippen LogP contribution is -2.29. The molecule has 1 fully saturated rings. The highest BCUT2D eigenvalue weighted by atomic mass is 35.5. The molecule has 0 spiro atoms. The van der Waals surface area contributed by atoms with Crippen molar-refractivity contribution in [3.63, 3.8) is 0 Å². The predicted octanol–water partition coefficient (Wildman–Crippen LogP) is 3.88. The first-order valence-corrected chi connectivity index (χ1v) is 9.83. The summed E-state index contributed by atoms with van der Waals surface area (Å²) in [6, 6.07) is 18.9. The molecule has 2 heterocycles. The Kier molecular flexibility index (Phi) is 5.36. The van der Waals surface area contributed by atoms with Gasteiger partial charge in [-0.2, -0.15) is 5.10 Å². The molecule has 148 valence electrons. The maximum absolute atomic E-state index is 12.9. The largest absolute Gasteiger partial charge is 0.311 e. The summed E-state index contributed by atoms with van der Waals surface area (Å²) < 4.78 is 1.77. The van der Waals surface area contributed by atoms with Gasteiger partial charge in [0, 0.05) is 19.0 Å². The molecular weight excluding hydrogens is 388 g/mol. The molecule has 0 bridgehead atoms. The fraction of sp³-hybridized carbons (Fsp3) is 0.227. The fourth-order valence-electron chi connectivity index (χ4n) is 3.54. The van der Waals surface area contributed by atoms with Crippen molar-refractivity contribution in [2.24, 2.45) is 5.92 Å². The van der Waals surface area contributed by atoms with E-state index >= 15 is 0 Å². The van der Waals surface area contributed by atoms with E-state index in [-0.39, 0.29) is 18.2 Å². The highest BCUT2D eigenvalue weighted by molar-refractivity contribution is 6.33. The summed E-state index contributed by atoms with van der Waals surface area (Å²) in [5.74, 6) is -0.117. The normalized spacial score (nSPS) is 16.3. The van der Waals surface area contributed by atoms with Crippen molar-refractivity contribution >= 4 is 34.9 Å². The molecule has 1 aliphatic heterocycles. The van der Waals surface area contributed by atoms with E-state index in [0.29, 0.717) is 29.6 Å². The van der Waals surface area contributed by atoms with Crippen molar-refractivity contribution in [3.05, 3.63) is 76.9 Å². The number of amides is 2. The first-order chi connectivity index (χ1) is 14.0. The van der Waals surface area contributed by atoms with Gasteiger partial charge in [-0.3, -0.25) is 9.59 Å². The standard InChI is InChI=1S/C22H21ClN4O2/c1-15-11-20(27(25-15)13-16-7-3-2-4-8-16)24-22(29)17-12-21(28)26(14-17)19-10-6-5-9-18(19)23/h2-11,17H,12-14H2,1H3,(H,24,29). The van der Waals surface area contributed by atoms with Crippen LogP contribution in [-0.2, 0) is 16.1 Å². The van der Waals surface area contributed by atoms with Crippen molar-refractivity contribution in [2.75, 3.05) is 16.8 Å². The molecule has 1 saturated heterocycles. The maximum Gasteiger partial charge on any atom is 0.230 e. The summed E-state index contributed by atoms with van der Waals surface area (Å²) in [6.07, 6.45) is 0.156. The van der Waals surface area contributed by atoms with Gasteiger partial charge in [-0.15, -0.1) is 0 Å². The second-order valence-electron chi connectivity index (χ2n) is 7.16. The zero-order valence-electron chi connectivity index (χ0n) is 16.0. The lowest BCUT2D eigenvalue weighted by Gasteiger charge is -2.18. The Morgan fingerprint density at radius 1 is 1.17 bits per heavy atom. The fourth-order valence-corrected chi connectivity index (χ4v) is 3.78. The molecule has 3 aromatic rings. The van der Waals surface area contributed by atoms with Crippen molar-refractivity contribution in [2.45, 2.75) is 19.9 Å². The third kappa shape index (κ3) is 4.17. The van der Waals surface area contributed by atoms with Crippen molar-refractivity contribution in [3.8, 4) is 0 Å². The first-order valence-electron chi connectivity index (χ1n) is 9.45. The molecule has 0 saturated carbocycles. The third-order valence-corrected chi connectivity index (χ3v) is 5.29. The van der Waals surface area contributed by atoms with E-state index < -0.39 is 5.92 Å². The van der Waals surface area contributed by atoms with Crippen molar-refractivity contribution < 1.29 is 9.59 Å². The van der Waals surface area contributed by atoms with Gasteiger partial charge in [0.15, 0.2) is 0 Å². The Morgan fingerprint density at radius 3 is 2.66 bits per heavy atom. The number of anilines is 2. The molecule has 1 aliphatic rings. The summed E-state index contributed by atoms with van der Waals surface area (Å²) in [7, 11) is 0. The second kappa shape index (κ2) is 8.09. The predicted molar refractivity (Wildman–Crippen MR) is 113 cm³/mol. The molecule has 0 radical (unpaired) electrons. The Labute approximate surface area is 174 Å². The molecule has 0 aliphatic carbocycles. The lowest BCUT2D eigenvalue weighted by molar-refractivity contribution is -0.122. The molecule has 1 atom stereocenters. The quantitative estimate of drug-likeness (QED) is 0.696. The van der Waals surface area contributed by atoms with Crippen molar-refractivity contribution in [1.82, 2.24) is 9.78 Å². The van der Waals surface area contributed by atoms with Crippen LogP contribution in [0.5, 0.6) is 0 Å². The highest BCUT2D eigenvalue weighted by Crippen LogP contribution is 2.31. The second-order valence-corrected chi connectivity index (χ2v) is 7.57. The van der Waals surface area contributed by atoms with Crippen LogP contribution in [0.4, 0.5) is 11.5 Å². The number of benzene rings is 2. The van der Waals surface area contributed by atoms with Crippen LogP contribution in [-0.4, -0.2) is 28.1 Å². The Balaban J connectivity index is 1.48. The number of hydrogen-bond donors (Lipinski definition) is 1. The SMILES string of the molecule is Cc1cc(NC(=O)C2CC(=O)N(c3ccccc3Cl)C2)n(Cc2ccccc2)n1. The lowest BCUT2D eigenvalue weighted by atomic mass is 10.1. The zero-order valence-corrected chi connectivity index (χ0v) is 16.8. The molecule has 1 unspecified atom stereocenters. The van der Waals surface area contributed by atoms with E-state index in [1.165, 1.54) is 0 Å². The first kappa shape index (κ1) is 19.2. The molecular formula is C22H21ClN4O2. The van der Waals surface area contributed by atoms with Crippen LogP contribution in [0, 0.1) is 12.8 Å². The molecule has 4 rings (SSSR count). The summed E-state index contributed by atoms with van der Waals surface area (Å²) in [5.41, 5.74) is 2.54. The number of para-hydroxylation sites is 1. The van der Waals surface area contributed by atoms with Gasteiger partial charge in [0.05, 0.1) is 28.9 Å². The van der Waals surface area contributed by atoms with Crippen LogP contribution < -0.4 is 10.2 Å². The monoisotopic (exact) mass is 408 g/mol. The van der Waals surface area contributed by atoms with Crippen LogP contribution in [0.1, 0.15) is 17.7 Å². The Hall–Kier alpha value is -3.12. The van der Waals surface area contributed by atoms with E-state index in [1.807, 2.05) is 55.5 Å². The number of halogens is 1. The van der Waals surface area contributed by atoms with Crippen LogP contribution in [0.3, 0.4) is 0 Å². The maximum atomic E-state index is 12.9. The van der Waals surface area contributed by atoms with Gasteiger partial charge in [0.25, 0.3) is 0 Å². The van der Waals surface area contributed by atoms with Gasteiger partial charge in [0.2, 0.25) is 11.8 Å². The van der Waals surface area contributed by atoms with Gasteiger partial charge in [0.1, 0.15) is 5.82 Å². The van der Waals surface area contributed by atoms with Crippen LogP contribution in [0.2, 0.25) is 5.02 Å². The number of aryl methyl sites for hydroxylation is 1. The van der Waals surface area contributed by atoms with Gasteiger partial charge in [-0.1, -0.05) is 54.1 Å². The molecule has 1 aromatic heterocycles. The number of nitrogens with one attached hydrogen (secondary N) is 1. The van der Waals surface area contributed by atoms with Crippen molar-refractivity contribution in [1.29, 1.82) is 0 Å². The average Bonchev–Trinajstić information content (AvgIpc) is 3.25. The summed E-state index contributed by atoms with van der Waals surface area (Å²) in [6.45, 7) is 2.75. The van der Waals surface area contributed by atoms with Crippen LogP contribution in [0.25, 0.3) is 0 Å². The number of carbonyl (C=O) groups is 2. The van der Waals surface area contributed by atoms with E-state index in [0.717, 1.165) is 11.3 Å². The number of hydrogen-bond acceptors (Lipinski definition) is 3. The number of aromatic nitrogens is 2. The van der Waals surface area contributed by atoms with Crippen LogP contribution >= 0.6 is 11.6 Å². The van der Waals surface area contributed by atoms with Gasteiger partial charge < -0.3 is 10.2 Å². The van der Waals surface area contributed by atoms with E-state index in [4.69, 9.17) is 11.6 Å². The average molecular weight is 409 g/mol. The topological polar surface area (TPSA) is 67.2 Å². The number of carbonyl (C=O) groups excluding carboxylic acids is 2. The summed E-state index contributed by atoms with van der Waals surface area (Å²) >= 11 is 6.22. The third-order valence-electron chi connectivity index (χ3n) is 4.97. The summed E-state index contributed by atoms with van der Waals surface area (Å²) in [4.78, 5) is 26.9. The van der Waals surface area contributed by atoms with E-state index in [1.54, 1.807) is 21.7 Å². The molecule has 2 aromatic carbocycles. The van der Waals surface area contributed by atoms with Gasteiger partial charge >= 0.3 is 0 Å². The van der Waals surface area contributed by atoms with Crippen LogP contribution in [0.15, 0.2) is 60.7 Å². The molecule has 1 N–H and O–H groups in total. The molecule has 7 heteroatoms. The Morgan fingerprint density at radius 2 is 1.90 bits per heavy atom. The highest BCUT2D eigenvalue weighted by Gasteiger charge is 2.36. The minimum absolute atomic E-state index is 0.104. The molecule has 2 amide bonds.